The van der Waals surface area contributed by atoms with Crippen LogP contribution in [0.2, 0.25) is 0 Å². The predicted octanol–water partition coefficient (Wildman–Crippen LogP) is 2.07. The molecule has 4 heteroatoms. The molecular weight excluding hydrogens is 196 g/mol. The summed E-state index contributed by atoms with van der Waals surface area (Å²) in [6, 6.07) is 0. The highest BCUT2D eigenvalue weighted by atomic mass is 32.1. The summed E-state index contributed by atoms with van der Waals surface area (Å²) in [6.45, 7) is 0. The number of rotatable bonds is 0. The molecule has 1 aliphatic carbocycles. The average Bonchev–Trinajstić information content (AvgIpc) is 2.57. The third-order valence-corrected chi connectivity index (χ3v) is 4.12. The standard InChI is InChI=1S/C10H12N2OS/c13-9-8-6-3-1-2-4-7(6)14-10(8)12-5-11-9/h5,9,13H,1-4H2,(H,11,12)/t9-/m0/s1. The first-order valence-electron chi connectivity index (χ1n) is 4.97. The fraction of sp³-hybridized carbons (Fsp3) is 0.500. The third-order valence-electron chi connectivity index (χ3n) is 2.88. The van der Waals surface area contributed by atoms with E-state index < -0.39 is 6.23 Å². The zero-order valence-corrected chi connectivity index (χ0v) is 8.60. The van der Waals surface area contributed by atoms with Gasteiger partial charge < -0.3 is 10.4 Å². The van der Waals surface area contributed by atoms with Crippen molar-refractivity contribution in [3.8, 4) is 0 Å². The van der Waals surface area contributed by atoms with Crippen molar-refractivity contribution in [2.45, 2.75) is 31.9 Å². The van der Waals surface area contributed by atoms with Crippen molar-refractivity contribution in [2.75, 3.05) is 5.32 Å². The van der Waals surface area contributed by atoms with Crippen LogP contribution < -0.4 is 5.32 Å². The topological polar surface area (TPSA) is 44.6 Å². The molecule has 2 aliphatic rings. The van der Waals surface area contributed by atoms with Crippen LogP contribution in [-0.4, -0.2) is 11.4 Å². The molecule has 0 spiro atoms. The summed E-state index contributed by atoms with van der Waals surface area (Å²) in [7, 11) is 0. The minimum Gasteiger partial charge on any atom is -0.368 e. The van der Waals surface area contributed by atoms with Crippen molar-refractivity contribution in [3.05, 3.63) is 16.0 Å². The van der Waals surface area contributed by atoms with E-state index in [1.54, 1.807) is 17.7 Å². The van der Waals surface area contributed by atoms with E-state index in [4.69, 9.17) is 0 Å². The van der Waals surface area contributed by atoms with E-state index in [2.05, 4.69) is 10.3 Å². The Bertz CT molecular complexity index is 397. The summed E-state index contributed by atoms with van der Waals surface area (Å²) in [5.74, 6) is 0. The van der Waals surface area contributed by atoms with Crippen molar-refractivity contribution < 1.29 is 5.11 Å². The number of nitrogens with one attached hydrogen (secondary N) is 1. The van der Waals surface area contributed by atoms with Crippen molar-refractivity contribution >= 4 is 22.7 Å². The van der Waals surface area contributed by atoms with E-state index in [1.807, 2.05) is 0 Å². The van der Waals surface area contributed by atoms with E-state index in [9.17, 15) is 5.11 Å². The SMILES string of the molecule is O[C@@H]1N=CNc2sc3c(c21)CCCC3. The summed E-state index contributed by atoms with van der Waals surface area (Å²) in [5.41, 5.74) is 2.39. The highest BCUT2D eigenvalue weighted by Crippen LogP contribution is 2.42. The Hall–Kier alpha value is -0.870. The van der Waals surface area contributed by atoms with Gasteiger partial charge in [0.15, 0.2) is 6.23 Å². The highest BCUT2D eigenvalue weighted by Gasteiger charge is 2.26. The van der Waals surface area contributed by atoms with Gasteiger partial charge in [-0.25, -0.2) is 4.99 Å². The molecule has 0 aromatic carbocycles. The van der Waals surface area contributed by atoms with Gasteiger partial charge in [-0.1, -0.05) is 0 Å². The zero-order valence-electron chi connectivity index (χ0n) is 7.79. The Morgan fingerprint density at radius 1 is 1.43 bits per heavy atom. The second-order valence-electron chi connectivity index (χ2n) is 3.75. The number of thiophene rings is 1. The number of hydrogen-bond acceptors (Lipinski definition) is 4. The molecule has 74 valence electrons. The van der Waals surface area contributed by atoms with Crippen molar-refractivity contribution in [2.24, 2.45) is 4.99 Å². The lowest BCUT2D eigenvalue weighted by molar-refractivity contribution is 0.188. The second-order valence-corrected chi connectivity index (χ2v) is 4.86. The molecule has 1 aromatic rings. The van der Waals surface area contributed by atoms with Gasteiger partial charge in [0.2, 0.25) is 0 Å². The number of anilines is 1. The van der Waals surface area contributed by atoms with Crippen LogP contribution in [-0.2, 0) is 12.8 Å². The first kappa shape index (κ1) is 8.44. The Morgan fingerprint density at radius 3 is 3.21 bits per heavy atom. The number of aliphatic hydroxyl groups excluding tert-OH is 1. The number of hydrogen-bond donors (Lipinski definition) is 2. The number of aryl methyl sites for hydroxylation is 1. The second kappa shape index (κ2) is 3.07. The normalized spacial score (nSPS) is 23.9. The Balaban J connectivity index is 2.14. The molecule has 0 saturated carbocycles. The predicted molar refractivity (Wildman–Crippen MR) is 58.0 cm³/mol. The molecular formula is C10H12N2OS. The molecule has 1 aromatic heterocycles. The van der Waals surface area contributed by atoms with Gasteiger partial charge in [0.05, 0.1) is 6.34 Å². The summed E-state index contributed by atoms with van der Waals surface area (Å²) >= 11 is 1.78. The quantitative estimate of drug-likeness (QED) is 0.685. The van der Waals surface area contributed by atoms with Gasteiger partial charge in [-0.3, -0.25) is 0 Å². The van der Waals surface area contributed by atoms with Crippen LogP contribution in [0.25, 0.3) is 0 Å². The minimum atomic E-state index is -0.635. The summed E-state index contributed by atoms with van der Waals surface area (Å²) in [5, 5.41) is 14.0. The highest BCUT2D eigenvalue weighted by molar-refractivity contribution is 7.16. The molecule has 0 radical (unpaired) electrons. The van der Waals surface area contributed by atoms with E-state index in [-0.39, 0.29) is 0 Å². The van der Waals surface area contributed by atoms with Gasteiger partial charge in [0.25, 0.3) is 0 Å². The van der Waals surface area contributed by atoms with Crippen LogP contribution in [0, 0.1) is 0 Å². The van der Waals surface area contributed by atoms with Crippen LogP contribution in [0.15, 0.2) is 4.99 Å². The number of aliphatic hydroxyl groups is 1. The lowest BCUT2D eigenvalue weighted by atomic mass is 9.95. The molecule has 0 unspecified atom stereocenters. The average molecular weight is 208 g/mol. The molecule has 3 nitrogen and oxygen atoms in total. The van der Waals surface area contributed by atoms with Gasteiger partial charge in [-0.15, -0.1) is 11.3 Å². The first-order valence-corrected chi connectivity index (χ1v) is 5.78. The van der Waals surface area contributed by atoms with Gasteiger partial charge in [-0.2, -0.15) is 0 Å². The van der Waals surface area contributed by atoms with E-state index in [0.29, 0.717) is 0 Å². The smallest absolute Gasteiger partial charge is 0.176 e. The van der Waals surface area contributed by atoms with Crippen LogP contribution >= 0.6 is 11.3 Å². The molecule has 0 amide bonds. The molecule has 2 N–H and O–H groups in total. The molecule has 14 heavy (non-hydrogen) atoms. The number of fused-ring (bicyclic) bond motifs is 3. The molecule has 0 fully saturated rings. The Kier molecular flexibility index (Phi) is 1.85. The molecule has 1 aliphatic heterocycles. The summed E-state index contributed by atoms with van der Waals surface area (Å²) < 4.78 is 0. The molecule has 2 heterocycles. The fourth-order valence-corrected chi connectivity index (χ4v) is 3.49. The maximum atomic E-state index is 9.77. The zero-order chi connectivity index (χ0) is 9.54. The fourth-order valence-electron chi connectivity index (χ4n) is 2.21. The Morgan fingerprint density at radius 2 is 2.29 bits per heavy atom. The van der Waals surface area contributed by atoms with Crippen LogP contribution in [0.1, 0.15) is 35.1 Å². The monoisotopic (exact) mass is 208 g/mol. The van der Waals surface area contributed by atoms with Crippen LogP contribution in [0.5, 0.6) is 0 Å². The van der Waals surface area contributed by atoms with E-state index >= 15 is 0 Å². The van der Waals surface area contributed by atoms with Gasteiger partial charge in [0.1, 0.15) is 5.00 Å². The summed E-state index contributed by atoms with van der Waals surface area (Å²) in [4.78, 5) is 5.42. The van der Waals surface area contributed by atoms with Gasteiger partial charge in [0, 0.05) is 10.4 Å². The molecule has 3 rings (SSSR count). The largest absolute Gasteiger partial charge is 0.368 e. The van der Waals surface area contributed by atoms with Crippen molar-refractivity contribution in [1.82, 2.24) is 0 Å². The lowest BCUT2D eigenvalue weighted by Gasteiger charge is -2.16. The minimum absolute atomic E-state index is 0.635. The first-order chi connectivity index (χ1) is 6.86. The maximum absolute atomic E-state index is 9.77. The van der Waals surface area contributed by atoms with E-state index in [1.165, 1.54) is 29.7 Å². The van der Waals surface area contributed by atoms with Crippen molar-refractivity contribution in [3.63, 3.8) is 0 Å². The third kappa shape index (κ3) is 1.11. The number of nitrogens with zero attached hydrogens (tertiary/aromatic N) is 1. The number of aliphatic imine (C=N–C) groups is 1. The molecule has 0 bridgehead atoms. The van der Waals surface area contributed by atoms with Crippen LogP contribution in [0.4, 0.5) is 5.00 Å². The molecule has 0 saturated heterocycles. The van der Waals surface area contributed by atoms with Crippen LogP contribution in [0.3, 0.4) is 0 Å². The lowest BCUT2D eigenvalue weighted by Crippen LogP contribution is -2.10. The Labute approximate surface area is 86.5 Å². The van der Waals surface area contributed by atoms with E-state index in [0.717, 1.165) is 17.0 Å². The maximum Gasteiger partial charge on any atom is 0.176 e. The summed E-state index contributed by atoms with van der Waals surface area (Å²) in [6.07, 6.45) is 5.76. The molecule has 1 atom stereocenters. The van der Waals surface area contributed by atoms with Crippen molar-refractivity contribution in [1.29, 1.82) is 0 Å². The van der Waals surface area contributed by atoms with Gasteiger partial charge >= 0.3 is 0 Å². The van der Waals surface area contributed by atoms with Gasteiger partial charge in [-0.05, 0) is 31.2 Å².